The summed E-state index contributed by atoms with van der Waals surface area (Å²) in [4.78, 5) is 0. The Kier molecular flexibility index (Phi) is 5.50. The van der Waals surface area contributed by atoms with Crippen LogP contribution in [-0.2, 0) is 17.3 Å². The van der Waals surface area contributed by atoms with Crippen molar-refractivity contribution in [1.29, 1.82) is 0 Å². The zero-order chi connectivity index (χ0) is 27.9. The number of benzene rings is 4. The summed E-state index contributed by atoms with van der Waals surface area (Å²) in [5, 5.41) is 0. The Bertz CT molecular complexity index is 1690. The van der Waals surface area contributed by atoms with Gasteiger partial charge in [-0.2, -0.15) is 0 Å². The molecule has 0 nitrogen and oxygen atoms in total. The van der Waals surface area contributed by atoms with Crippen molar-refractivity contribution in [2.75, 3.05) is 0 Å². The smallest absolute Gasteiger partial charge is 0.0317 e. The van der Waals surface area contributed by atoms with Crippen molar-refractivity contribution in [2.24, 2.45) is 11.3 Å². The summed E-state index contributed by atoms with van der Waals surface area (Å²) in [5.41, 5.74) is 15.8. The van der Waals surface area contributed by atoms with Crippen LogP contribution in [0, 0.1) is 25.2 Å². The Balaban J connectivity index is 1.54. The van der Waals surface area contributed by atoms with Gasteiger partial charge in [0.25, 0.3) is 0 Å². The second kappa shape index (κ2) is 8.68. The summed E-state index contributed by atoms with van der Waals surface area (Å²) in [6, 6.07) is 35.0. The average molecular weight is 521 g/mol. The fourth-order valence-electron chi connectivity index (χ4n) is 8.04. The molecule has 40 heavy (non-hydrogen) atoms. The van der Waals surface area contributed by atoms with Gasteiger partial charge < -0.3 is 0 Å². The van der Waals surface area contributed by atoms with Crippen molar-refractivity contribution in [3.8, 4) is 11.1 Å². The molecule has 3 aliphatic carbocycles. The zero-order valence-corrected chi connectivity index (χ0v) is 24.8. The van der Waals surface area contributed by atoms with E-state index in [0.717, 1.165) is 12.8 Å². The van der Waals surface area contributed by atoms with Crippen LogP contribution in [0.3, 0.4) is 0 Å². The molecule has 0 heterocycles. The molecular formula is C40H40. The van der Waals surface area contributed by atoms with Crippen LogP contribution < -0.4 is 0 Å². The van der Waals surface area contributed by atoms with E-state index < -0.39 is 0 Å². The molecule has 3 unspecified atom stereocenters. The number of allylic oxidation sites excluding steroid dienone is 4. The van der Waals surface area contributed by atoms with Crippen LogP contribution in [-0.4, -0.2) is 0 Å². The number of fused-ring (bicyclic) bond motifs is 4. The molecule has 0 amide bonds. The van der Waals surface area contributed by atoms with Crippen molar-refractivity contribution < 1.29 is 0 Å². The van der Waals surface area contributed by atoms with Gasteiger partial charge in [-0.3, -0.25) is 0 Å². The van der Waals surface area contributed by atoms with Crippen LogP contribution in [0.1, 0.15) is 73.1 Å². The zero-order valence-electron chi connectivity index (χ0n) is 24.8. The Morgan fingerprint density at radius 3 is 2.00 bits per heavy atom. The van der Waals surface area contributed by atoms with E-state index in [4.69, 9.17) is 0 Å². The summed E-state index contributed by atoms with van der Waals surface area (Å²) in [6.45, 7) is 14.0. The van der Waals surface area contributed by atoms with E-state index >= 15 is 0 Å². The Labute approximate surface area is 240 Å². The minimum atomic E-state index is -0.153. The van der Waals surface area contributed by atoms with Gasteiger partial charge in [0.1, 0.15) is 0 Å². The second-order valence-corrected chi connectivity index (χ2v) is 13.8. The lowest BCUT2D eigenvalue weighted by atomic mass is 9.64. The summed E-state index contributed by atoms with van der Waals surface area (Å²) < 4.78 is 0. The number of aryl methyl sites for hydroxylation is 2. The van der Waals surface area contributed by atoms with Gasteiger partial charge in [-0.05, 0) is 76.6 Å². The maximum atomic E-state index is 2.65. The lowest BCUT2D eigenvalue weighted by Crippen LogP contribution is -2.34. The van der Waals surface area contributed by atoms with Gasteiger partial charge in [0.2, 0.25) is 0 Å². The van der Waals surface area contributed by atoms with Gasteiger partial charge in [-0.25, -0.2) is 0 Å². The number of hydrogen-bond acceptors (Lipinski definition) is 0. The van der Waals surface area contributed by atoms with E-state index in [1.165, 1.54) is 55.6 Å². The second-order valence-electron chi connectivity index (χ2n) is 13.8. The van der Waals surface area contributed by atoms with Gasteiger partial charge in [0.05, 0.1) is 0 Å². The third kappa shape index (κ3) is 3.58. The van der Waals surface area contributed by atoms with Gasteiger partial charge in [-0.15, -0.1) is 0 Å². The van der Waals surface area contributed by atoms with Crippen molar-refractivity contribution in [3.05, 3.63) is 153 Å². The predicted molar refractivity (Wildman–Crippen MR) is 169 cm³/mol. The molecule has 0 saturated heterocycles. The minimum absolute atomic E-state index is 0.0685. The summed E-state index contributed by atoms with van der Waals surface area (Å²) in [6.07, 6.45) is 7.30. The van der Waals surface area contributed by atoms with Crippen LogP contribution in [0.15, 0.2) is 114 Å². The molecule has 0 bridgehead atoms. The van der Waals surface area contributed by atoms with Crippen molar-refractivity contribution >= 4 is 0 Å². The van der Waals surface area contributed by atoms with Crippen LogP contribution in [0.25, 0.3) is 11.1 Å². The van der Waals surface area contributed by atoms with Crippen molar-refractivity contribution in [2.45, 2.75) is 65.2 Å². The Morgan fingerprint density at radius 2 is 1.32 bits per heavy atom. The number of rotatable bonds is 3. The van der Waals surface area contributed by atoms with Gasteiger partial charge in [0.15, 0.2) is 0 Å². The maximum Gasteiger partial charge on any atom is 0.0317 e. The number of hydrogen-bond donors (Lipinski definition) is 0. The first-order valence-electron chi connectivity index (χ1n) is 14.9. The fraction of sp³-hybridized carbons (Fsp3) is 0.300. The van der Waals surface area contributed by atoms with Gasteiger partial charge in [0, 0.05) is 16.7 Å². The topological polar surface area (TPSA) is 0 Å². The first-order valence-corrected chi connectivity index (χ1v) is 14.9. The molecule has 0 radical (unpaired) electrons. The van der Waals surface area contributed by atoms with Crippen LogP contribution >= 0.6 is 0 Å². The van der Waals surface area contributed by atoms with Gasteiger partial charge >= 0.3 is 0 Å². The summed E-state index contributed by atoms with van der Waals surface area (Å²) in [7, 11) is 0. The molecule has 7 rings (SSSR count). The highest BCUT2D eigenvalue weighted by Crippen LogP contribution is 2.65. The largest absolute Gasteiger partial charge is 0.0723 e. The van der Waals surface area contributed by atoms with E-state index in [1.807, 2.05) is 0 Å². The first-order chi connectivity index (χ1) is 19.1. The van der Waals surface area contributed by atoms with Crippen LogP contribution in [0.5, 0.6) is 0 Å². The fourth-order valence-corrected chi connectivity index (χ4v) is 8.04. The molecule has 0 N–H and O–H groups in total. The molecular weight excluding hydrogens is 480 g/mol. The van der Waals surface area contributed by atoms with E-state index in [-0.39, 0.29) is 16.2 Å². The summed E-state index contributed by atoms with van der Waals surface area (Å²) >= 11 is 0. The van der Waals surface area contributed by atoms with E-state index in [2.05, 4.69) is 145 Å². The quantitative estimate of drug-likeness (QED) is 0.222. The lowest BCUT2D eigenvalue weighted by molar-refractivity contribution is 0.421. The highest BCUT2D eigenvalue weighted by Gasteiger charge is 2.59. The summed E-state index contributed by atoms with van der Waals surface area (Å²) in [5.74, 6) is 0.311. The highest BCUT2D eigenvalue weighted by molar-refractivity contribution is 5.79. The van der Waals surface area contributed by atoms with Crippen LogP contribution in [0.4, 0.5) is 0 Å². The third-order valence-electron chi connectivity index (χ3n) is 10.2. The predicted octanol–water partition coefficient (Wildman–Crippen LogP) is 10.1. The average Bonchev–Trinajstić information content (AvgIpc) is 3.61. The first kappa shape index (κ1) is 25.3. The molecule has 0 heteroatoms. The van der Waals surface area contributed by atoms with E-state index in [9.17, 15) is 0 Å². The molecule has 1 fully saturated rings. The Morgan fingerprint density at radius 1 is 0.700 bits per heavy atom. The molecule has 3 aliphatic rings. The van der Waals surface area contributed by atoms with Crippen molar-refractivity contribution in [3.63, 3.8) is 0 Å². The van der Waals surface area contributed by atoms with E-state index in [1.54, 1.807) is 5.57 Å². The monoisotopic (exact) mass is 520 g/mol. The molecule has 4 aromatic rings. The Hall–Kier alpha value is -3.64. The molecule has 0 spiro atoms. The van der Waals surface area contributed by atoms with Crippen LogP contribution in [0.2, 0.25) is 0 Å². The highest BCUT2D eigenvalue weighted by atomic mass is 14.6. The molecule has 200 valence electrons. The third-order valence-corrected chi connectivity index (χ3v) is 10.2. The standard InChI is InChI=1S/C40H40/c1-26-14-18-29(19-15-26)39(6)25-40(30-20-16-27(2)17-21-30,37-24-31(23-36(37)39)38(3,4)5)35-13-9-12-33-32-11-8-7-10-28(32)22-34(33)35/h7-21,23-24,37H,22,25H2,1-6H3. The van der Waals surface area contributed by atoms with Gasteiger partial charge in [-0.1, -0.05) is 148 Å². The SMILES string of the molecule is Cc1ccc(C2(C)CC(c3ccc(C)cc3)(c3cccc4c3Cc3ccccc3-4)C3C=C(C(C)(C)C)C=C32)cc1. The molecule has 3 atom stereocenters. The molecule has 0 aliphatic heterocycles. The molecule has 4 aromatic carbocycles. The molecule has 0 aromatic heterocycles. The normalized spacial score (nSPS) is 24.8. The maximum absolute atomic E-state index is 2.65. The molecule has 1 saturated carbocycles. The minimum Gasteiger partial charge on any atom is -0.0723 e. The van der Waals surface area contributed by atoms with E-state index in [0.29, 0.717) is 5.92 Å². The van der Waals surface area contributed by atoms with Crippen molar-refractivity contribution in [1.82, 2.24) is 0 Å². The lowest BCUT2D eigenvalue weighted by Gasteiger charge is -2.38.